The number of nitrogens with zero attached hydrogens (tertiary/aromatic N) is 2. The number of piperazine rings is 1. The standard InChI is InChI=1S/C41H40FN3O6S/c42-36-22-13-23-37(35(36)25-24-33-28-44(41(47)48)26-27-45(33)52(49,50)34-20-11-4-12-21-34)43-40(46)39(51-29-30-14-5-1-6-15-30)38(31-16-7-2-8-17-31)32-18-9-3-10-19-32/h1-23,33,38-39H,24-29H2,(H,43,46)(H,47,48). The zero-order valence-corrected chi connectivity index (χ0v) is 29.2. The minimum Gasteiger partial charge on any atom is -0.465 e. The van der Waals surface area contributed by atoms with Crippen molar-refractivity contribution in [3.63, 3.8) is 0 Å². The lowest BCUT2D eigenvalue weighted by atomic mass is 9.86. The predicted molar refractivity (Wildman–Crippen MR) is 197 cm³/mol. The van der Waals surface area contributed by atoms with Crippen molar-refractivity contribution < 1.29 is 32.2 Å². The summed E-state index contributed by atoms with van der Waals surface area (Å²) in [4.78, 5) is 27.6. The molecule has 2 N–H and O–H groups in total. The van der Waals surface area contributed by atoms with E-state index in [9.17, 15) is 23.1 Å². The third-order valence-electron chi connectivity index (χ3n) is 9.30. The van der Waals surface area contributed by atoms with Gasteiger partial charge in [0.25, 0.3) is 5.91 Å². The summed E-state index contributed by atoms with van der Waals surface area (Å²) >= 11 is 0. The number of anilines is 1. The van der Waals surface area contributed by atoms with Crippen molar-refractivity contribution in [3.05, 3.63) is 168 Å². The molecule has 1 aliphatic heterocycles. The number of sulfonamides is 1. The number of carboxylic acid groups (broad SMARTS) is 1. The number of benzene rings is 5. The van der Waals surface area contributed by atoms with Crippen molar-refractivity contribution in [2.45, 2.75) is 42.4 Å². The van der Waals surface area contributed by atoms with Gasteiger partial charge in [0, 0.05) is 42.8 Å². The van der Waals surface area contributed by atoms with E-state index in [1.54, 1.807) is 24.3 Å². The Labute approximate surface area is 303 Å². The molecule has 0 spiro atoms. The van der Waals surface area contributed by atoms with Crippen LogP contribution < -0.4 is 5.32 Å². The lowest BCUT2D eigenvalue weighted by Gasteiger charge is -2.39. The van der Waals surface area contributed by atoms with Gasteiger partial charge in [-0.2, -0.15) is 4.31 Å². The number of carbonyl (C=O) groups is 2. The van der Waals surface area contributed by atoms with Gasteiger partial charge in [-0.3, -0.25) is 4.79 Å². The second-order valence-corrected chi connectivity index (χ2v) is 14.5. The lowest BCUT2D eigenvalue weighted by Crippen LogP contribution is -2.56. The van der Waals surface area contributed by atoms with Crippen LogP contribution in [0.2, 0.25) is 0 Å². The molecule has 6 rings (SSSR count). The Kier molecular flexibility index (Phi) is 11.8. The largest absolute Gasteiger partial charge is 0.465 e. The molecular weight excluding hydrogens is 682 g/mol. The quantitative estimate of drug-likeness (QED) is 0.133. The molecule has 1 fully saturated rings. The minimum atomic E-state index is -3.97. The molecule has 2 atom stereocenters. The van der Waals surface area contributed by atoms with Gasteiger partial charge in [-0.15, -0.1) is 0 Å². The zero-order valence-electron chi connectivity index (χ0n) is 28.4. The van der Waals surface area contributed by atoms with Crippen LogP contribution in [0.4, 0.5) is 14.9 Å². The van der Waals surface area contributed by atoms with Gasteiger partial charge < -0.3 is 20.1 Å². The number of carbonyl (C=O) groups excluding carboxylic acids is 1. The van der Waals surface area contributed by atoms with E-state index in [0.29, 0.717) is 0 Å². The minimum absolute atomic E-state index is 0.00721. The number of hydrogen-bond donors (Lipinski definition) is 2. The Hall–Kier alpha value is -5.36. The van der Waals surface area contributed by atoms with Gasteiger partial charge in [-0.1, -0.05) is 115 Å². The molecule has 2 unspecified atom stereocenters. The molecule has 0 aromatic heterocycles. The number of halogens is 1. The molecule has 0 bridgehead atoms. The van der Waals surface area contributed by atoms with E-state index in [2.05, 4.69) is 5.32 Å². The maximum absolute atomic E-state index is 15.7. The van der Waals surface area contributed by atoms with Gasteiger partial charge in [0.1, 0.15) is 11.9 Å². The average molecular weight is 722 g/mol. The first kappa shape index (κ1) is 36.4. The van der Waals surface area contributed by atoms with Gasteiger partial charge in [0.2, 0.25) is 10.0 Å². The highest BCUT2D eigenvalue weighted by Crippen LogP contribution is 2.33. The fourth-order valence-corrected chi connectivity index (χ4v) is 8.34. The molecule has 2 amide bonds. The van der Waals surface area contributed by atoms with E-state index in [1.807, 2.05) is 91.0 Å². The van der Waals surface area contributed by atoms with Crippen LogP contribution in [0.3, 0.4) is 0 Å². The summed E-state index contributed by atoms with van der Waals surface area (Å²) in [6, 6.07) is 40.3. The number of ether oxygens (including phenoxy) is 1. The van der Waals surface area contributed by atoms with E-state index >= 15 is 4.39 Å². The summed E-state index contributed by atoms with van der Waals surface area (Å²) in [5, 5.41) is 12.7. The van der Waals surface area contributed by atoms with Gasteiger partial charge in [0.15, 0.2) is 0 Å². The Bertz CT molecular complexity index is 2010. The second kappa shape index (κ2) is 16.8. The predicted octanol–water partition coefficient (Wildman–Crippen LogP) is 7.17. The second-order valence-electron chi connectivity index (χ2n) is 12.6. The van der Waals surface area contributed by atoms with Crippen LogP contribution in [0.5, 0.6) is 0 Å². The maximum Gasteiger partial charge on any atom is 0.407 e. The van der Waals surface area contributed by atoms with E-state index < -0.39 is 45.9 Å². The molecule has 5 aromatic carbocycles. The fraction of sp³-hybridized carbons (Fsp3) is 0.220. The van der Waals surface area contributed by atoms with E-state index in [-0.39, 0.29) is 55.2 Å². The zero-order chi connectivity index (χ0) is 36.5. The molecule has 11 heteroatoms. The number of amides is 2. The SMILES string of the molecule is O=C(Nc1cccc(F)c1CCC1CN(C(=O)O)CCN1S(=O)(=O)c1ccccc1)C(OCc1ccccc1)C(c1ccccc1)c1ccccc1. The summed E-state index contributed by atoms with van der Waals surface area (Å²) in [5.74, 6) is -1.57. The molecule has 9 nitrogen and oxygen atoms in total. The molecule has 268 valence electrons. The number of nitrogens with one attached hydrogen (secondary N) is 1. The summed E-state index contributed by atoms with van der Waals surface area (Å²) in [6.45, 7) is 0.0322. The van der Waals surface area contributed by atoms with Crippen LogP contribution in [0.1, 0.15) is 34.6 Å². The van der Waals surface area contributed by atoms with Crippen molar-refractivity contribution in [2.75, 3.05) is 25.0 Å². The first-order valence-corrected chi connectivity index (χ1v) is 18.5. The molecular formula is C41H40FN3O6S. The molecule has 0 radical (unpaired) electrons. The molecule has 52 heavy (non-hydrogen) atoms. The van der Waals surface area contributed by atoms with Crippen LogP contribution in [0.25, 0.3) is 0 Å². The van der Waals surface area contributed by atoms with Crippen molar-refractivity contribution in [1.29, 1.82) is 0 Å². The van der Waals surface area contributed by atoms with E-state index in [4.69, 9.17) is 4.74 Å². The Morgan fingerprint density at radius 2 is 1.37 bits per heavy atom. The van der Waals surface area contributed by atoms with Gasteiger partial charge in [-0.05, 0) is 53.8 Å². The monoisotopic (exact) mass is 721 g/mol. The Balaban J connectivity index is 1.30. The fourth-order valence-electron chi connectivity index (χ4n) is 6.68. The van der Waals surface area contributed by atoms with E-state index in [0.717, 1.165) is 16.7 Å². The van der Waals surface area contributed by atoms with Crippen LogP contribution in [-0.2, 0) is 32.6 Å². The smallest absolute Gasteiger partial charge is 0.407 e. The lowest BCUT2D eigenvalue weighted by molar-refractivity contribution is -0.129. The molecule has 0 saturated carbocycles. The average Bonchev–Trinajstić information content (AvgIpc) is 3.17. The first-order chi connectivity index (χ1) is 25.2. The highest BCUT2D eigenvalue weighted by molar-refractivity contribution is 7.89. The molecule has 0 aliphatic carbocycles. The Morgan fingerprint density at radius 1 is 0.788 bits per heavy atom. The van der Waals surface area contributed by atoms with Crippen molar-refractivity contribution in [3.8, 4) is 0 Å². The summed E-state index contributed by atoms with van der Waals surface area (Å²) in [7, 11) is -3.97. The number of rotatable bonds is 13. The summed E-state index contributed by atoms with van der Waals surface area (Å²) in [6.07, 6.45) is -2.06. The van der Waals surface area contributed by atoms with E-state index in [1.165, 1.54) is 33.5 Å². The highest BCUT2D eigenvalue weighted by Gasteiger charge is 2.38. The van der Waals surface area contributed by atoms with Crippen molar-refractivity contribution in [2.24, 2.45) is 0 Å². The van der Waals surface area contributed by atoms with Crippen LogP contribution >= 0.6 is 0 Å². The third kappa shape index (κ3) is 8.56. The van der Waals surface area contributed by atoms with Crippen LogP contribution in [0.15, 0.2) is 144 Å². The third-order valence-corrected chi connectivity index (χ3v) is 11.3. The van der Waals surface area contributed by atoms with Gasteiger partial charge in [0.05, 0.1) is 11.5 Å². The summed E-state index contributed by atoms with van der Waals surface area (Å²) in [5.41, 5.74) is 3.01. The first-order valence-electron chi connectivity index (χ1n) is 17.1. The Morgan fingerprint density at radius 3 is 1.96 bits per heavy atom. The maximum atomic E-state index is 15.7. The van der Waals surface area contributed by atoms with Crippen LogP contribution in [0, 0.1) is 5.82 Å². The van der Waals surface area contributed by atoms with Crippen molar-refractivity contribution >= 4 is 27.7 Å². The molecule has 1 aliphatic rings. The molecule has 1 heterocycles. The highest BCUT2D eigenvalue weighted by atomic mass is 32.2. The van der Waals surface area contributed by atoms with Gasteiger partial charge >= 0.3 is 6.09 Å². The van der Waals surface area contributed by atoms with Gasteiger partial charge in [-0.25, -0.2) is 17.6 Å². The molecule has 5 aromatic rings. The topological polar surface area (TPSA) is 116 Å². The molecule has 1 saturated heterocycles. The number of hydrogen-bond acceptors (Lipinski definition) is 5. The van der Waals surface area contributed by atoms with Crippen molar-refractivity contribution in [1.82, 2.24) is 9.21 Å². The van der Waals surface area contributed by atoms with Crippen LogP contribution in [-0.4, -0.2) is 66.5 Å². The summed E-state index contributed by atoms with van der Waals surface area (Å²) < 4.78 is 50.9. The normalized spacial score (nSPS) is 15.7.